The monoisotopic (exact) mass is 390 g/mol. The average Bonchev–Trinajstić information content (AvgIpc) is 2.43. The standard InChI is InChI=1S/C13H12BrClN2O3S/c1-20-13-7-9(3-5-12(13)16)21(18,19)17-8-2-4-10(14)11(15)6-8/h2-7,17H,16H2,1H3. The van der Waals surface area contributed by atoms with Crippen LogP contribution in [0.3, 0.4) is 0 Å². The van der Waals surface area contributed by atoms with Crippen LogP contribution >= 0.6 is 27.5 Å². The summed E-state index contributed by atoms with van der Waals surface area (Å²) >= 11 is 9.18. The highest BCUT2D eigenvalue weighted by molar-refractivity contribution is 9.10. The van der Waals surface area contributed by atoms with Gasteiger partial charge < -0.3 is 10.5 Å². The minimum absolute atomic E-state index is 0.0487. The zero-order chi connectivity index (χ0) is 15.6. The molecule has 0 spiro atoms. The highest BCUT2D eigenvalue weighted by atomic mass is 79.9. The topological polar surface area (TPSA) is 81.4 Å². The Bertz CT molecular complexity index is 781. The number of hydrogen-bond donors (Lipinski definition) is 2. The van der Waals surface area contributed by atoms with Crippen LogP contribution in [0.1, 0.15) is 0 Å². The second-order valence-corrected chi connectivity index (χ2v) is 7.08. The molecular formula is C13H12BrClN2O3S. The third-order valence-electron chi connectivity index (χ3n) is 2.69. The van der Waals surface area contributed by atoms with Crippen molar-refractivity contribution in [1.82, 2.24) is 0 Å². The van der Waals surface area contributed by atoms with E-state index in [2.05, 4.69) is 20.7 Å². The molecule has 2 rings (SSSR count). The van der Waals surface area contributed by atoms with Gasteiger partial charge in [-0.1, -0.05) is 11.6 Å². The molecule has 8 heteroatoms. The van der Waals surface area contributed by atoms with Crippen LogP contribution in [0.4, 0.5) is 11.4 Å². The number of nitrogens with one attached hydrogen (secondary N) is 1. The fraction of sp³-hybridized carbons (Fsp3) is 0.0769. The third kappa shape index (κ3) is 3.61. The molecule has 0 saturated heterocycles. The van der Waals surface area contributed by atoms with E-state index in [4.69, 9.17) is 22.1 Å². The minimum Gasteiger partial charge on any atom is -0.495 e. The number of ether oxygens (including phenoxy) is 1. The Labute approximate surface area is 136 Å². The second-order valence-electron chi connectivity index (χ2n) is 4.14. The van der Waals surface area contributed by atoms with E-state index in [1.54, 1.807) is 12.1 Å². The number of anilines is 2. The van der Waals surface area contributed by atoms with Gasteiger partial charge in [0.2, 0.25) is 0 Å². The van der Waals surface area contributed by atoms with Gasteiger partial charge in [0.15, 0.2) is 0 Å². The lowest BCUT2D eigenvalue weighted by Crippen LogP contribution is -2.13. The lowest BCUT2D eigenvalue weighted by molar-refractivity contribution is 0.415. The van der Waals surface area contributed by atoms with Gasteiger partial charge in [-0.2, -0.15) is 0 Å². The highest BCUT2D eigenvalue weighted by Gasteiger charge is 2.16. The zero-order valence-electron chi connectivity index (χ0n) is 10.9. The van der Waals surface area contributed by atoms with Gasteiger partial charge in [-0.15, -0.1) is 0 Å². The van der Waals surface area contributed by atoms with Gasteiger partial charge in [0.1, 0.15) is 5.75 Å². The molecule has 0 saturated carbocycles. The lowest BCUT2D eigenvalue weighted by Gasteiger charge is -2.11. The molecule has 0 amide bonds. The van der Waals surface area contributed by atoms with Crippen LogP contribution in [0.2, 0.25) is 5.02 Å². The predicted molar refractivity (Wildman–Crippen MR) is 87.4 cm³/mol. The van der Waals surface area contributed by atoms with Crippen LogP contribution in [0.15, 0.2) is 45.8 Å². The Morgan fingerprint density at radius 2 is 1.95 bits per heavy atom. The molecule has 0 aromatic heterocycles. The van der Waals surface area contributed by atoms with E-state index in [-0.39, 0.29) is 4.90 Å². The molecular weight excluding hydrogens is 380 g/mol. The first-order valence-electron chi connectivity index (χ1n) is 5.75. The summed E-state index contributed by atoms with van der Waals surface area (Å²) in [5.41, 5.74) is 6.39. The van der Waals surface area contributed by atoms with Crippen molar-refractivity contribution in [2.75, 3.05) is 17.6 Å². The maximum Gasteiger partial charge on any atom is 0.262 e. The Morgan fingerprint density at radius 1 is 1.24 bits per heavy atom. The summed E-state index contributed by atoms with van der Waals surface area (Å²) in [7, 11) is -2.33. The van der Waals surface area contributed by atoms with E-state index in [0.717, 1.165) is 0 Å². The van der Waals surface area contributed by atoms with Gasteiger partial charge in [-0.25, -0.2) is 8.42 Å². The van der Waals surface area contributed by atoms with Crippen LogP contribution in [0, 0.1) is 0 Å². The van der Waals surface area contributed by atoms with Gasteiger partial charge in [-0.3, -0.25) is 4.72 Å². The van der Waals surface area contributed by atoms with Crippen molar-refractivity contribution in [2.24, 2.45) is 0 Å². The van der Waals surface area contributed by atoms with Gasteiger partial charge in [-0.05, 0) is 46.3 Å². The number of hydrogen-bond acceptors (Lipinski definition) is 4. The van der Waals surface area contributed by atoms with Gasteiger partial charge in [0.05, 0.1) is 28.4 Å². The Kier molecular flexibility index (Phi) is 4.65. The SMILES string of the molecule is COc1cc(S(=O)(=O)Nc2ccc(Br)c(Cl)c2)ccc1N. The molecule has 0 heterocycles. The summed E-state index contributed by atoms with van der Waals surface area (Å²) < 4.78 is 32.8. The van der Waals surface area contributed by atoms with Crippen molar-refractivity contribution in [1.29, 1.82) is 0 Å². The molecule has 0 fully saturated rings. The average molecular weight is 392 g/mol. The van der Waals surface area contributed by atoms with E-state index < -0.39 is 10.0 Å². The van der Waals surface area contributed by atoms with Crippen LogP contribution in [-0.4, -0.2) is 15.5 Å². The highest BCUT2D eigenvalue weighted by Crippen LogP contribution is 2.29. The molecule has 0 aliphatic carbocycles. The number of nitrogen functional groups attached to an aromatic ring is 1. The minimum atomic E-state index is -3.75. The molecule has 0 unspecified atom stereocenters. The summed E-state index contributed by atoms with van der Waals surface area (Å²) in [5.74, 6) is 0.298. The molecule has 21 heavy (non-hydrogen) atoms. The van der Waals surface area contributed by atoms with E-state index in [0.29, 0.717) is 26.6 Å². The Morgan fingerprint density at radius 3 is 2.57 bits per heavy atom. The molecule has 5 nitrogen and oxygen atoms in total. The zero-order valence-corrected chi connectivity index (χ0v) is 14.1. The van der Waals surface area contributed by atoms with Crippen molar-refractivity contribution >= 4 is 48.9 Å². The fourth-order valence-electron chi connectivity index (χ4n) is 1.63. The smallest absolute Gasteiger partial charge is 0.262 e. The van der Waals surface area contributed by atoms with Gasteiger partial charge >= 0.3 is 0 Å². The quantitative estimate of drug-likeness (QED) is 0.782. The summed E-state index contributed by atoms with van der Waals surface area (Å²) in [6.07, 6.45) is 0. The largest absolute Gasteiger partial charge is 0.495 e. The lowest BCUT2D eigenvalue weighted by atomic mass is 10.3. The van der Waals surface area contributed by atoms with E-state index >= 15 is 0 Å². The molecule has 112 valence electrons. The Hall–Kier alpha value is -1.44. The normalized spacial score (nSPS) is 11.2. The fourth-order valence-corrected chi connectivity index (χ4v) is 3.12. The summed E-state index contributed by atoms with van der Waals surface area (Å²) in [6, 6.07) is 9.00. The predicted octanol–water partition coefficient (Wildman–Crippen LogP) is 3.49. The van der Waals surface area contributed by atoms with Crippen LogP contribution < -0.4 is 15.2 Å². The van der Waals surface area contributed by atoms with Crippen molar-refractivity contribution < 1.29 is 13.2 Å². The summed E-state index contributed by atoms with van der Waals surface area (Å²) in [5, 5.41) is 0.407. The van der Waals surface area contributed by atoms with Gasteiger partial charge in [0.25, 0.3) is 10.0 Å². The second kappa shape index (κ2) is 6.13. The number of halogens is 2. The first kappa shape index (κ1) is 15.9. The van der Waals surface area contributed by atoms with Crippen molar-refractivity contribution in [3.8, 4) is 5.75 Å². The number of benzene rings is 2. The molecule has 0 aliphatic rings. The molecule has 3 N–H and O–H groups in total. The number of methoxy groups -OCH3 is 1. The first-order chi connectivity index (χ1) is 9.83. The molecule has 0 radical (unpaired) electrons. The van der Waals surface area contributed by atoms with Crippen LogP contribution in [0.25, 0.3) is 0 Å². The van der Waals surface area contributed by atoms with Gasteiger partial charge in [0, 0.05) is 10.5 Å². The maximum atomic E-state index is 12.3. The summed E-state index contributed by atoms with van der Waals surface area (Å²) in [4.78, 5) is 0.0487. The van der Waals surface area contributed by atoms with E-state index in [1.165, 1.54) is 31.4 Å². The molecule has 2 aromatic rings. The van der Waals surface area contributed by atoms with E-state index in [9.17, 15) is 8.42 Å². The van der Waals surface area contributed by atoms with Crippen LogP contribution in [-0.2, 0) is 10.0 Å². The molecule has 0 bridgehead atoms. The molecule has 0 atom stereocenters. The maximum absolute atomic E-state index is 12.3. The number of rotatable bonds is 4. The summed E-state index contributed by atoms with van der Waals surface area (Å²) in [6.45, 7) is 0. The van der Waals surface area contributed by atoms with Crippen molar-refractivity contribution in [3.63, 3.8) is 0 Å². The first-order valence-corrected chi connectivity index (χ1v) is 8.40. The van der Waals surface area contributed by atoms with Crippen molar-refractivity contribution in [3.05, 3.63) is 45.9 Å². The van der Waals surface area contributed by atoms with E-state index in [1.807, 2.05) is 0 Å². The van der Waals surface area contributed by atoms with Crippen LogP contribution in [0.5, 0.6) is 5.75 Å². The molecule has 0 aliphatic heterocycles. The Balaban J connectivity index is 2.35. The van der Waals surface area contributed by atoms with Crippen molar-refractivity contribution in [2.45, 2.75) is 4.90 Å². The number of sulfonamides is 1. The number of nitrogens with two attached hydrogens (primary N) is 1. The third-order valence-corrected chi connectivity index (χ3v) is 5.30. The molecule has 2 aromatic carbocycles.